The number of hydrogen-bond acceptors (Lipinski definition) is 2. The van der Waals surface area contributed by atoms with Crippen LogP contribution in [0, 0.1) is 0 Å². The summed E-state index contributed by atoms with van der Waals surface area (Å²) in [5.74, 6) is 0. The molecular formula is C16H16ClN3. The first-order chi connectivity index (χ1) is 9.72. The zero-order valence-corrected chi connectivity index (χ0v) is 12.0. The van der Waals surface area contributed by atoms with E-state index in [1.54, 1.807) is 0 Å². The molecule has 3 N–H and O–H groups in total. The van der Waals surface area contributed by atoms with Gasteiger partial charge < -0.3 is 5.73 Å². The number of nitrogens with zero attached hydrogens (tertiary/aromatic N) is 1. The van der Waals surface area contributed by atoms with Crippen LogP contribution in [-0.2, 0) is 0 Å². The maximum atomic E-state index is 6.37. The van der Waals surface area contributed by atoms with Crippen LogP contribution in [0.5, 0.6) is 0 Å². The predicted molar refractivity (Wildman–Crippen MR) is 83.8 cm³/mol. The van der Waals surface area contributed by atoms with Crippen LogP contribution >= 0.6 is 11.6 Å². The van der Waals surface area contributed by atoms with Gasteiger partial charge in [0, 0.05) is 22.0 Å². The van der Waals surface area contributed by atoms with Crippen molar-refractivity contribution in [2.24, 2.45) is 5.73 Å². The van der Waals surface area contributed by atoms with E-state index in [1.807, 2.05) is 42.5 Å². The molecule has 1 aromatic heterocycles. The number of benzene rings is 2. The highest BCUT2D eigenvalue weighted by Crippen LogP contribution is 2.36. The summed E-state index contributed by atoms with van der Waals surface area (Å²) in [5.41, 5.74) is 10.1. The average Bonchev–Trinajstić information content (AvgIpc) is 2.91. The van der Waals surface area contributed by atoms with Crippen molar-refractivity contribution in [3.63, 3.8) is 0 Å². The highest BCUT2D eigenvalue weighted by molar-refractivity contribution is 6.32. The van der Waals surface area contributed by atoms with Gasteiger partial charge in [0.1, 0.15) is 5.69 Å². The fraction of sp³-hybridized carbons (Fsp3) is 0.188. The SMILES string of the molecule is CCC(N)c1c(Cl)ccc2[nH]nc(-c3ccccc3)c12. The van der Waals surface area contributed by atoms with Gasteiger partial charge in [0.15, 0.2) is 0 Å². The fourth-order valence-electron chi connectivity index (χ4n) is 2.49. The first-order valence-electron chi connectivity index (χ1n) is 6.69. The lowest BCUT2D eigenvalue weighted by atomic mass is 9.97. The molecule has 1 atom stereocenters. The summed E-state index contributed by atoms with van der Waals surface area (Å²) in [6, 6.07) is 13.8. The summed E-state index contributed by atoms with van der Waals surface area (Å²) in [5, 5.41) is 9.24. The fourth-order valence-corrected chi connectivity index (χ4v) is 2.78. The molecule has 0 aliphatic rings. The quantitative estimate of drug-likeness (QED) is 0.754. The molecule has 0 saturated heterocycles. The molecule has 1 heterocycles. The molecule has 102 valence electrons. The second-order valence-corrected chi connectivity index (χ2v) is 5.24. The highest BCUT2D eigenvalue weighted by atomic mass is 35.5. The van der Waals surface area contributed by atoms with E-state index in [1.165, 1.54) is 0 Å². The van der Waals surface area contributed by atoms with Gasteiger partial charge in [-0.3, -0.25) is 5.10 Å². The van der Waals surface area contributed by atoms with Crippen LogP contribution in [0.2, 0.25) is 5.02 Å². The number of aromatic nitrogens is 2. The Hall–Kier alpha value is -1.84. The van der Waals surface area contributed by atoms with E-state index < -0.39 is 0 Å². The molecule has 0 radical (unpaired) electrons. The lowest BCUT2D eigenvalue weighted by Crippen LogP contribution is -2.09. The predicted octanol–water partition coefficient (Wildman–Crippen LogP) is 4.29. The van der Waals surface area contributed by atoms with Crippen LogP contribution in [0.15, 0.2) is 42.5 Å². The minimum Gasteiger partial charge on any atom is -0.324 e. The van der Waals surface area contributed by atoms with Crippen LogP contribution in [-0.4, -0.2) is 10.2 Å². The van der Waals surface area contributed by atoms with E-state index in [2.05, 4.69) is 17.1 Å². The third kappa shape index (κ3) is 2.09. The molecule has 3 aromatic rings. The average molecular weight is 286 g/mol. The van der Waals surface area contributed by atoms with Crippen LogP contribution in [0.25, 0.3) is 22.2 Å². The lowest BCUT2D eigenvalue weighted by Gasteiger charge is -2.13. The second-order valence-electron chi connectivity index (χ2n) is 4.84. The Morgan fingerprint density at radius 1 is 1.20 bits per heavy atom. The molecule has 4 heteroatoms. The van der Waals surface area contributed by atoms with E-state index in [4.69, 9.17) is 17.3 Å². The third-order valence-corrected chi connectivity index (χ3v) is 3.90. The van der Waals surface area contributed by atoms with Crippen molar-refractivity contribution in [3.8, 4) is 11.3 Å². The van der Waals surface area contributed by atoms with Gasteiger partial charge in [-0.25, -0.2) is 0 Å². The number of hydrogen-bond donors (Lipinski definition) is 2. The Bertz CT molecular complexity index is 734. The molecule has 0 bridgehead atoms. The summed E-state index contributed by atoms with van der Waals surface area (Å²) in [6.07, 6.45) is 0.832. The third-order valence-electron chi connectivity index (χ3n) is 3.58. The molecule has 3 nitrogen and oxygen atoms in total. The monoisotopic (exact) mass is 285 g/mol. The van der Waals surface area contributed by atoms with Crippen molar-refractivity contribution in [3.05, 3.63) is 53.1 Å². The van der Waals surface area contributed by atoms with Crippen molar-refractivity contribution >= 4 is 22.5 Å². The van der Waals surface area contributed by atoms with Gasteiger partial charge in [0.2, 0.25) is 0 Å². The second kappa shape index (κ2) is 5.27. The number of H-pyrrole nitrogens is 1. The summed E-state index contributed by atoms with van der Waals surface area (Å²) in [6.45, 7) is 2.06. The van der Waals surface area contributed by atoms with Gasteiger partial charge in [-0.1, -0.05) is 48.9 Å². The van der Waals surface area contributed by atoms with Gasteiger partial charge in [-0.15, -0.1) is 0 Å². The first kappa shape index (κ1) is 13.2. The molecule has 0 spiro atoms. The van der Waals surface area contributed by atoms with Crippen molar-refractivity contribution in [2.45, 2.75) is 19.4 Å². The number of nitrogens with one attached hydrogen (secondary N) is 1. The minimum absolute atomic E-state index is 0.0914. The van der Waals surface area contributed by atoms with Gasteiger partial charge in [-0.05, 0) is 24.1 Å². The Morgan fingerprint density at radius 3 is 2.65 bits per heavy atom. The van der Waals surface area contributed by atoms with Crippen LogP contribution < -0.4 is 5.73 Å². The molecule has 0 aliphatic heterocycles. The Balaban J connectivity index is 2.32. The van der Waals surface area contributed by atoms with Crippen LogP contribution in [0.4, 0.5) is 0 Å². The largest absolute Gasteiger partial charge is 0.324 e. The molecule has 3 rings (SSSR count). The van der Waals surface area contributed by atoms with E-state index in [0.717, 1.165) is 34.1 Å². The van der Waals surface area contributed by atoms with Gasteiger partial charge in [-0.2, -0.15) is 5.10 Å². The van der Waals surface area contributed by atoms with Crippen molar-refractivity contribution < 1.29 is 0 Å². The smallest absolute Gasteiger partial charge is 0.100 e. The van der Waals surface area contributed by atoms with Gasteiger partial charge in [0.25, 0.3) is 0 Å². The number of halogens is 1. The summed E-state index contributed by atoms with van der Waals surface area (Å²) < 4.78 is 0. The summed E-state index contributed by atoms with van der Waals surface area (Å²) in [4.78, 5) is 0. The highest BCUT2D eigenvalue weighted by Gasteiger charge is 2.18. The van der Waals surface area contributed by atoms with Crippen molar-refractivity contribution in [1.82, 2.24) is 10.2 Å². The molecule has 20 heavy (non-hydrogen) atoms. The number of rotatable bonds is 3. The topological polar surface area (TPSA) is 54.7 Å². The first-order valence-corrected chi connectivity index (χ1v) is 7.07. The summed E-state index contributed by atoms with van der Waals surface area (Å²) >= 11 is 6.37. The van der Waals surface area contributed by atoms with E-state index >= 15 is 0 Å². The minimum atomic E-state index is -0.0914. The molecular weight excluding hydrogens is 270 g/mol. The molecule has 0 aliphatic carbocycles. The molecule has 0 amide bonds. The van der Waals surface area contributed by atoms with Crippen molar-refractivity contribution in [1.29, 1.82) is 0 Å². The lowest BCUT2D eigenvalue weighted by molar-refractivity contribution is 0.705. The molecule has 1 unspecified atom stereocenters. The number of nitrogens with two attached hydrogens (primary N) is 1. The van der Waals surface area contributed by atoms with Gasteiger partial charge >= 0.3 is 0 Å². The maximum Gasteiger partial charge on any atom is 0.100 e. The van der Waals surface area contributed by atoms with E-state index in [-0.39, 0.29) is 6.04 Å². The standard InChI is InChI=1S/C16H16ClN3/c1-2-12(18)14-11(17)8-9-13-15(14)16(20-19-13)10-6-4-3-5-7-10/h3-9,12H,2,18H2,1H3,(H,19,20). The maximum absolute atomic E-state index is 6.37. The zero-order valence-electron chi connectivity index (χ0n) is 11.2. The van der Waals surface area contributed by atoms with E-state index in [0.29, 0.717) is 5.02 Å². The Morgan fingerprint density at radius 2 is 1.95 bits per heavy atom. The Labute approximate surface area is 122 Å². The molecule has 0 saturated carbocycles. The van der Waals surface area contributed by atoms with Crippen molar-refractivity contribution in [2.75, 3.05) is 0 Å². The van der Waals surface area contributed by atoms with Gasteiger partial charge in [0.05, 0.1) is 5.52 Å². The van der Waals surface area contributed by atoms with Crippen LogP contribution in [0.3, 0.4) is 0 Å². The molecule has 2 aromatic carbocycles. The molecule has 0 fully saturated rings. The summed E-state index contributed by atoms with van der Waals surface area (Å²) in [7, 11) is 0. The number of fused-ring (bicyclic) bond motifs is 1. The normalized spacial score (nSPS) is 12.8. The zero-order chi connectivity index (χ0) is 14.1. The van der Waals surface area contributed by atoms with E-state index in [9.17, 15) is 0 Å². The number of aromatic amines is 1. The Kier molecular flexibility index (Phi) is 3.47. The van der Waals surface area contributed by atoms with Crippen LogP contribution in [0.1, 0.15) is 24.9 Å².